The summed E-state index contributed by atoms with van der Waals surface area (Å²) in [6, 6.07) is 11.1. The molecule has 0 spiro atoms. The van der Waals surface area contributed by atoms with Gasteiger partial charge in [0, 0.05) is 17.7 Å². The van der Waals surface area contributed by atoms with Gasteiger partial charge < -0.3 is 20.1 Å². The Morgan fingerprint density at radius 2 is 1.82 bits per heavy atom. The molecule has 2 N–H and O–H groups in total. The van der Waals surface area contributed by atoms with Crippen LogP contribution in [0.3, 0.4) is 0 Å². The molecule has 2 aliphatic heterocycles. The van der Waals surface area contributed by atoms with Gasteiger partial charge in [-0.3, -0.25) is 9.59 Å². The summed E-state index contributed by atoms with van der Waals surface area (Å²) < 4.78 is 11.3. The minimum Gasteiger partial charge on any atom is -0.486 e. The molecule has 2 heterocycles. The fourth-order valence-electron chi connectivity index (χ4n) is 3.64. The van der Waals surface area contributed by atoms with Gasteiger partial charge in [-0.25, -0.2) is 0 Å². The highest BCUT2D eigenvalue weighted by atomic mass is 16.6. The van der Waals surface area contributed by atoms with Crippen molar-refractivity contribution in [3.05, 3.63) is 53.1 Å². The zero-order valence-electron chi connectivity index (χ0n) is 16.1. The van der Waals surface area contributed by atoms with E-state index >= 15 is 0 Å². The van der Waals surface area contributed by atoms with E-state index in [2.05, 4.69) is 24.5 Å². The van der Waals surface area contributed by atoms with Crippen LogP contribution in [-0.4, -0.2) is 25.0 Å². The molecule has 0 radical (unpaired) electrons. The second-order valence-corrected chi connectivity index (χ2v) is 7.52. The highest BCUT2D eigenvalue weighted by molar-refractivity contribution is 5.98. The van der Waals surface area contributed by atoms with E-state index in [9.17, 15) is 9.59 Å². The van der Waals surface area contributed by atoms with Gasteiger partial charge in [-0.1, -0.05) is 19.9 Å². The molecule has 6 nitrogen and oxygen atoms in total. The Hall–Kier alpha value is -3.02. The number of rotatable bonds is 4. The van der Waals surface area contributed by atoms with Crippen molar-refractivity contribution in [1.29, 1.82) is 0 Å². The first-order valence-electron chi connectivity index (χ1n) is 9.64. The van der Waals surface area contributed by atoms with Crippen LogP contribution in [0.4, 0.5) is 5.69 Å². The van der Waals surface area contributed by atoms with Gasteiger partial charge in [0.25, 0.3) is 5.91 Å². The van der Waals surface area contributed by atoms with Crippen LogP contribution in [0.1, 0.15) is 47.8 Å². The average Bonchev–Trinajstić information content (AvgIpc) is 2.70. The molecular formula is C22H24N2O4. The average molecular weight is 380 g/mol. The quantitative estimate of drug-likeness (QED) is 0.852. The molecule has 2 aromatic carbocycles. The molecule has 28 heavy (non-hydrogen) atoms. The first kappa shape index (κ1) is 18.3. The van der Waals surface area contributed by atoms with E-state index < -0.39 is 0 Å². The van der Waals surface area contributed by atoms with Gasteiger partial charge >= 0.3 is 0 Å². The maximum Gasteiger partial charge on any atom is 0.251 e. The molecule has 0 bridgehead atoms. The van der Waals surface area contributed by atoms with Crippen LogP contribution in [0.15, 0.2) is 36.4 Å². The Labute approximate surface area is 164 Å². The number of hydrogen-bond acceptors (Lipinski definition) is 4. The van der Waals surface area contributed by atoms with Crippen LogP contribution in [-0.2, 0) is 11.2 Å². The summed E-state index contributed by atoms with van der Waals surface area (Å²) in [6.45, 7) is 5.23. The maximum absolute atomic E-state index is 12.9. The fraction of sp³-hybridized carbons (Fsp3) is 0.364. The van der Waals surface area contributed by atoms with Crippen molar-refractivity contribution < 1.29 is 19.1 Å². The molecule has 0 unspecified atom stereocenters. The maximum atomic E-state index is 12.9. The summed E-state index contributed by atoms with van der Waals surface area (Å²) >= 11 is 0. The smallest absolute Gasteiger partial charge is 0.251 e. The van der Waals surface area contributed by atoms with Crippen molar-refractivity contribution in [1.82, 2.24) is 5.32 Å². The highest BCUT2D eigenvalue weighted by Gasteiger charge is 2.23. The van der Waals surface area contributed by atoms with Crippen molar-refractivity contribution in [2.24, 2.45) is 5.92 Å². The van der Waals surface area contributed by atoms with Crippen LogP contribution in [0.2, 0.25) is 0 Å². The van der Waals surface area contributed by atoms with Crippen molar-refractivity contribution in [2.75, 3.05) is 18.5 Å². The van der Waals surface area contributed by atoms with Gasteiger partial charge in [-0.05, 0) is 53.8 Å². The molecule has 0 aliphatic carbocycles. The highest BCUT2D eigenvalue weighted by Crippen LogP contribution is 2.34. The van der Waals surface area contributed by atoms with Gasteiger partial charge in [0.05, 0.1) is 6.04 Å². The number of amides is 2. The minimum atomic E-state index is -0.154. The molecule has 2 aromatic rings. The van der Waals surface area contributed by atoms with Crippen molar-refractivity contribution in [3.8, 4) is 11.5 Å². The summed E-state index contributed by atoms with van der Waals surface area (Å²) in [4.78, 5) is 24.4. The van der Waals surface area contributed by atoms with E-state index in [-0.39, 0.29) is 23.8 Å². The normalized spacial score (nSPS) is 16.2. The number of anilines is 1. The van der Waals surface area contributed by atoms with E-state index in [0.717, 1.165) is 22.6 Å². The molecule has 2 aliphatic rings. The number of ether oxygens (including phenoxy) is 2. The van der Waals surface area contributed by atoms with Crippen LogP contribution >= 0.6 is 0 Å². The van der Waals surface area contributed by atoms with E-state index in [1.165, 1.54) is 0 Å². The number of fused-ring (bicyclic) bond motifs is 2. The summed E-state index contributed by atoms with van der Waals surface area (Å²) in [6.07, 6.45) is 1.10. The first-order chi connectivity index (χ1) is 13.5. The van der Waals surface area contributed by atoms with E-state index in [0.29, 0.717) is 37.4 Å². The third-order valence-corrected chi connectivity index (χ3v) is 5.14. The molecule has 4 rings (SSSR count). The monoisotopic (exact) mass is 380 g/mol. The van der Waals surface area contributed by atoms with E-state index in [1.807, 2.05) is 24.3 Å². The summed E-state index contributed by atoms with van der Waals surface area (Å²) in [5, 5.41) is 5.99. The summed E-state index contributed by atoms with van der Waals surface area (Å²) in [5.41, 5.74) is 3.36. The SMILES string of the molecule is CC(C)[C@@H](NC(=O)c1ccc2c(c1)CCC(=O)N2)c1ccc2c(c1)OCCO2. The Bertz CT molecular complexity index is 923. The Balaban J connectivity index is 1.55. The number of carbonyl (C=O) groups excluding carboxylic acids is 2. The molecule has 0 saturated carbocycles. The van der Waals surface area contributed by atoms with Crippen LogP contribution in [0.5, 0.6) is 11.5 Å². The van der Waals surface area contributed by atoms with Gasteiger partial charge in [0.15, 0.2) is 11.5 Å². The predicted octanol–water partition coefficient (Wildman–Crippen LogP) is 3.47. The molecular weight excluding hydrogens is 356 g/mol. The number of hydrogen-bond donors (Lipinski definition) is 2. The zero-order chi connectivity index (χ0) is 19.7. The standard InChI is InChI=1S/C22H24N2O4/c1-13(2)21(15-4-7-18-19(12-15)28-10-9-27-18)24-22(26)16-3-6-17-14(11-16)5-8-20(25)23-17/h3-4,6-7,11-13,21H,5,8-10H2,1-2H3,(H,23,25)(H,24,26)/t21-/m1/s1. The number of aryl methyl sites for hydroxylation is 1. The number of carbonyl (C=O) groups is 2. The number of nitrogens with one attached hydrogen (secondary N) is 2. The Morgan fingerprint density at radius 3 is 2.61 bits per heavy atom. The molecule has 0 fully saturated rings. The lowest BCUT2D eigenvalue weighted by molar-refractivity contribution is -0.116. The van der Waals surface area contributed by atoms with Crippen LogP contribution in [0, 0.1) is 5.92 Å². The second kappa shape index (κ2) is 7.54. The molecule has 2 amide bonds. The molecule has 6 heteroatoms. The van der Waals surface area contributed by atoms with Gasteiger partial charge in [0.1, 0.15) is 13.2 Å². The van der Waals surface area contributed by atoms with Gasteiger partial charge in [-0.2, -0.15) is 0 Å². The van der Waals surface area contributed by atoms with Crippen LogP contribution in [0.25, 0.3) is 0 Å². The largest absolute Gasteiger partial charge is 0.486 e. The summed E-state index contributed by atoms with van der Waals surface area (Å²) in [5.74, 6) is 1.54. The minimum absolute atomic E-state index is 0.0168. The summed E-state index contributed by atoms with van der Waals surface area (Å²) in [7, 11) is 0. The van der Waals surface area contributed by atoms with Gasteiger partial charge in [-0.15, -0.1) is 0 Å². The topological polar surface area (TPSA) is 76.7 Å². The Morgan fingerprint density at radius 1 is 1.04 bits per heavy atom. The lowest BCUT2D eigenvalue weighted by atomic mass is 9.94. The third-order valence-electron chi connectivity index (χ3n) is 5.14. The molecule has 0 aromatic heterocycles. The molecule has 146 valence electrons. The predicted molar refractivity (Wildman–Crippen MR) is 106 cm³/mol. The van der Waals surface area contributed by atoms with E-state index in [1.54, 1.807) is 12.1 Å². The first-order valence-corrected chi connectivity index (χ1v) is 9.64. The van der Waals surface area contributed by atoms with Crippen molar-refractivity contribution in [2.45, 2.75) is 32.7 Å². The lowest BCUT2D eigenvalue weighted by Crippen LogP contribution is -2.32. The molecule has 1 atom stereocenters. The van der Waals surface area contributed by atoms with Crippen LogP contribution < -0.4 is 20.1 Å². The van der Waals surface area contributed by atoms with Crippen molar-refractivity contribution in [3.63, 3.8) is 0 Å². The van der Waals surface area contributed by atoms with Gasteiger partial charge in [0.2, 0.25) is 5.91 Å². The third kappa shape index (κ3) is 3.67. The van der Waals surface area contributed by atoms with E-state index in [4.69, 9.17) is 9.47 Å². The lowest BCUT2D eigenvalue weighted by Gasteiger charge is -2.26. The number of benzene rings is 2. The Kier molecular flexibility index (Phi) is 4.94. The second-order valence-electron chi connectivity index (χ2n) is 7.52. The fourth-order valence-corrected chi connectivity index (χ4v) is 3.64. The zero-order valence-corrected chi connectivity index (χ0v) is 16.1. The molecule has 0 saturated heterocycles. The van der Waals surface area contributed by atoms with Crippen molar-refractivity contribution >= 4 is 17.5 Å².